The van der Waals surface area contributed by atoms with E-state index in [9.17, 15) is 14.4 Å². The number of rotatable bonds is 7. The fraction of sp³-hybridized carbons (Fsp3) is 0.464. The van der Waals surface area contributed by atoms with Crippen molar-refractivity contribution in [3.05, 3.63) is 47.2 Å². The molecule has 3 heterocycles. The van der Waals surface area contributed by atoms with Gasteiger partial charge in [0.1, 0.15) is 22.7 Å². The molecule has 0 unspecified atom stereocenters. The third kappa shape index (κ3) is 6.80. The zero-order chi connectivity index (χ0) is 29.4. The molecule has 1 aliphatic rings. The number of primary amides is 1. The van der Waals surface area contributed by atoms with Crippen LogP contribution in [-0.4, -0.2) is 56.4 Å². The van der Waals surface area contributed by atoms with Crippen LogP contribution in [0.15, 0.2) is 34.9 Å². The largest absolute Gasteiger partial charge is 0.444 e. The number of amides is 3. The van der Waals surface area contributed by atoms with Gasteiger partial charge in [-0.25, -0.2) is 9.48 Å². The van der Waals surface area contributed by atoms with Crippen molar-refractivity contribution >= 4 is 29.6 Å². The average molecular weight is 552 g/mol. The fourth-order valence-electron chi connectivity index (χ4n) is 4.40. The molecule has 12 nitrogen and oxygen atoms in total. The molecule has 0 spiro atoms. The average Bonchev–Trinajstić information content (AvgIpc) is 3.34. The maximum atomic E-state index is 12.6. The molecule has 2 aromatic heterocycles. The Morgan fingerprint density at radius 3 is 2.33 bits per heavy atom. The Labute approximate surface area is 233 Å². The lowest BCUT2D eigenvalue weighted by Crippen LogP contribution is -2.52. The van der Waals surface area contributed by atoms with Crippen LogP contribution < -0.4 is 16.8 Å². The number of nitrogens with two attached hydrogens (primary N) is 2. The van der Waals surface area contributed by atoms with E-state index < -0.39 is 17.6 Å². The minimum absolute atomic E-state index is 0.0487. The molecule has 0 bridgehead atoms. The van der Waals surface area contributed by atoms with Gasteiger partial charge in [0.05, 0.1) is 18.2 Å². The normalized spacial score (nSPS) is 14.1. The van der Waals surface area contributed by atoms with Crippen molar-refractivity contribution in [3.63, 3.8) is 0 Å². The van der Waals surface area contributed by atoms with Crippen molar-refractivity contribution in [1.29, 1.82) is 0 Å². The molecule has 214 valence electrons. The number of hydrogen-bond donors (Lipinski definition) is 3. The third-order valence-corrected chi connectivity index (χ3v) is 6.18. The van der Waals surface area contributed by atoms with Crippen LogP contribution in [0.25, 0.3) is 11.3 Å². The molecule has 5 N–H and O–H groups in total. The second-order valence-electron chi connectivity index (χ2n) is 12.3. The number of aromatic nitrogens is 3. The molecule has 3 amide bonds. The molecule has 1 aromatic carbocycles. The Bertz CT molecular complexity index is 1400. The van der Waals surface area contributed by atoms with Gasteiger partial charge in [-0.05, 0) is 38.2 Å². The zero-order valence-electron chi connectivity index (χ0n) is 23.8. The van der Waals surface area contributed by atoms with Crippen molar-refractivity contribution in [2.75, 3.05) is 24.1 Å². The third-order valence-electron chi connectivity index (χ3n) is 6.18. The van der Waals surface area contributed by atoms with Gasteiger partial charge in [0.2, 0.25) is 11.8 Å². The first kappa shape index (κ1) is 28.7. The van der Waals surface area contributed by atoms with Crippen molar-refractivity contribution in [3.8, 4) is 11.3 Å². The molecule has 1 aliphatic heterocycles. The first-order valence-electron chi connectivity index (χ1n) is 13.1. The number of likely N-dealkylation sites (tertiary alicyclic amines) is 1. The van der Waals surface area contributed by atoms with E-state index >= 15 is 0 Å². The van der Waals surface area contributed by atoms with Crippen LogP contribution in [0.4, 0.5) is 16.5 Å². The van der Waals surface area contributed by atoms with Gasteiger partial charge in [0.25, 0.3) is 5.91 Å². The SMILES string of the molecule is CC(C)(C)Cc1cc(NC(=O)Cc2ccc(-c3nn(C4CN(C(=O)OC(C)(C)C)C4)c(N)c3C(N)=O)cc2)on1. The molecule has 0 aliphatic carbocycles. The Morgan fingerprint density at radius 2 is 1.75 bits per heavy atom. The van der Waals surface area contributed by atoms with Crippen LogP contribution in [0, 0.1) is 5.41 Å². The number of nitrogens with zero attached hydrogens (tertiary/aromatic N) is 4. The summed E-state index contributed by atoms with van der Waals surface area (Å²) in [4.78, 5) is 38.7. The summed E-state index contributed by atoms with van der Waals surface area (Å²) >= 11 is 0. The lowest BCUT2D eigenvalue weighted by atomic mass is 9.91. The predicted octanol–water partition coefficient (Wildman–Crippen LogP) is 3.78. The molecule has 1 saturated heterocycles. The Kier molecular flexibility index (Phi) is 7.64. The topological polar surface area (TPSA) is 172 Å². The van der Waals surface area contributed by atoms with Crippen LogP contribution in [0.3, 0.4) is 0 Å². The van der Waals surface area contributed by atoms with E-state index in [1.807, 2.05) is 0 Å². The van der Waals surface area contributed by atoms with Gasteiger partial charge >= 0.3 is 6.09 Å². The van der Waals surface area contributed by atoms with Gasteiger partial charge in [-0.3, -0.25) is 14.9 Å². The van der Waals surface area contributed by atoms with Gasteiger partial charge in [-0.1, -0.05) is 50.2 Å². The van der Waals surface area contributed by atoms with E-state index in [1.165, 1.54) is 4.68 Å². The van der Waals surface area contributed by atoms with Gasteiger partial charge in [-0.2, -0.15) is 5.10 Å². The van der Waals surface area contributed by atoms with E-state index in [1.54, 1.807) is 56.0 Å². The molecular formula is C28H37N7O5. The number of anilines is 2. The van der Waals surface area contributed by atoms with Crippen LogP contribution in [0.5, 0.6) is 0 Å². The number of benzene rings is 1. The molecule has 12 heteroatoms. The highest BCUT2D eigenvalue weighted by Gasteiger charge is 2.37. The molecule has 1 fully saturated rings. The predicted molar refractivity (Wildman–Crippen MR) is 149 cm³/mol. The van der Waals surface area contributed by atoms with Gasteiger partial charge in [0, 0.05) is 24.7 Å². The van der Waals surface area contributed by atoms with Crippen LogP contribution in [0.2, 0.25) is 0 Å². The van der Waals surface area contributed by atoms with Gasteiger partial charge in [0.15, 0.2) is 0 Å². The Balaban J connectivity index is 1.43. The number of carbonyl (C=O) groups excluding carboxylic acids is 3. The smallest absolute Gasteiger partial charge is 0.410 e. The Morgan fingerprint density at radius 1 is 1.10 bits per heavy atom. The molecule has 0 atom stereocenters. The van der Waals surface area contributed by atoms with Crippen LogP contribution in [0.1, 0.15) is 69.2 Å². The van der Waals surface area contributed by atoms with E-state index in [2.05, 4.69) is 36.3 Å². The second kappa shape index (κ2) is 10.7. The van der Waals surface area contributed by atoms with Gasteiger partial charge < -0.3 is 25.6 Å². The standard InChI is InChI=1S/C28H37N7O5/c1-27(2,3)13-18-12-21(40-33-18)31-20(36)11-16-7-9-17(10-8-16)23-22(25(30)37)24(29)35(32-23)19-14-34(15-19)26(38)39-28(4,5)6/h7-10,12,19H,11,13-15,29H2,1-6H3,(H2,30,37)(H,31,36). The Hall–Kier alpha value is -4.35. The highest BCUT2D eigenvalue weighted by Crippen LogP contribution is 2.33. The summed E-state index contributed by atoms with van der Waals surface area (Å²) in [7, 11) is 0. The van der Waals surface area contributed by atoms with Crippen LogP contribution >= 0.6 is 0 Å². The highest BCUT2D eigenvalue weighted by atomic mass is 16.6. The number of nitrogens with one attached hydrogen (secondary N) is 1. The van der Waals surface area contributed by atoms with Crippen LogP contribution in [-0.2, 0) is 22.4 Å². The minimum Gasteiger partial charge on any atom is -0.444 e. The molecule has 4 rings (SSSR count). The second-order valence-corrected chi connectivity index (χ2v) is 12.3. The lowest BCUT2D eigenvalue weighted by Gasteiger charge is -2.39. The number of carbonyl (C=O) groups is 3. The molecule has 40 heavy (non-hydrogen) atoms. The summed E-state index contributed by atoms with van der Waals surface area (Å²) < 4.78 is 12.2. The van der Waals surface area contributed by atoms with Crippen molar-refractivity contribution in [2.24, 2.45) is 11.1 Å². The lowest BCUT2D eigenvalue weighted by molar-refractivity contribution is -0.115. The summed E-state index contributed by atoms with van der Waals surface area (Å²) in [6.45, 7) is 12.4. The monoisotopic (exact) mass is 551 g/mol. The summed E-state index contributed by atoms with van der Waals surface area (Å²) in [6, 6.07) is 8.56. The fourth-order valence-corrected chi connectivity index (χ4v) is 4.40. The van der Waals surface area contributed by atoms with E-state index in [0.29, 0.717) is 30.2 Å². The highest BCUT2D eigenvalue weighted by molar-refractivity contribution is 6.03. The summed E-state index contributed by atoms with van der Waals surface area (Å²) in [5.41, 5.74) is 14.0. The first-order valence-corrected chi connectivity index (χ1v) is 13.1. The maximum Gasteiger partial charge on any atom is 0.410 e. The maximum absolute atomic E-state index is 12.6. The molecule has 0 saturated carbocycles. The molecule has 0 radical (unpaired) electrons. The minimum atomic E-state index is -0.705. The summed E-state index contributed by atoms with van der Waals surface area (Å²) in [5.74, 6) is -0.521. The number of ether oxygens (including phenoxy) is 1. The molecular weight excluding hydrogens is 514 g/mol. The van der Waals surface area contributed by atoms with Crippen molar-refractivity contribution in [2.45, 2.75) is 66.0 Å². The van der Waals surface area contributed by atoms with E-state index in [0.717, 1.165) is 17.7 Å². The quantitative estimate of drug-likeness (QED) is 0.398. The molecule has 3 aromatic rings. The van der Waals surface area contributed by atoms with Crippen molar-refractivity contribution < 1.29 is 23.6 Å². The van der Waals surface area contributed by atoms with E-state index in [-0.39, 0.29) is 35.2 Å². The summed E-state index contributed by atoms with van der Waals surface area (Å²) in [6.07, 6.45) is 0.416. The van der Waals surface area contributed by atoms with E-state index in [4.69, 9.17) is 20.7 Å². The zero-order valence-corrected chi connectivity index (χ0v) is 23.8. The first-order chi connectivity index (χ1) is 18.6. The summed E-state index contributed by atoms with van der Waals surface area (Å²) in [5, 5.41) is 11.3. The number of nitrogen functional groups attached to an aromatic ring is 1. The van der Waals surface area contributed by atoms with Crippen molar-refractivity contribution in [1.82, 2.24) is 19.8 Å². The van der Waals surface area contributed by atoms with Gasteiger partial charge in [-0.15, -0.1) is 0 Å². The number of hydrogen-bond acceptors (Lipinski definition) is 8.